The van der Waals surface area contributed by atoms with E-state index in [2.05, 4.69) is 43.3 Å². The van der Waals surface area contributed by atoms with Gasteiger partial charge in [-0.2, -0.15) is 0 Å². The molecule has 1 amide bonds. The van der Waals surface area contributed by atoms with Gasteiger partial charge in [0.2, 0.25) is 0 Å². The predicted octanol–water partition coefficient (Wildman–Crippen LogP) is 8.72. The SMILES string of the molecule is CC(C)(C)S(C)(C)COC1CC(c2nc3nccc(C4CCN(C(=O)c5ccc(S(F)(F)(F)(F)F)cc5)CC4)c3[nH]2)C1. The van der Waals surface area contributed by atoms with Crippen LogP contribution in [0.2, 0.25) is 0 Å². The Morgan fingerprint density at radius 2 is 1.64 bits per heavy atom. The zero-order valence-corrected chi connectivity index (χ0v) is 26.1. The number of carbonyl (C=O) groups is 1. The van der Waals surface area contributed by atoms with Gasteiger partial charge >= 0.3 is 10.2 Å². The third-order valence-corrected chi connectivity index (χ3v) is 14.2. The number of likely N-dealkylation sites (tertiary alicyclic amines) is 1. The molecular weight excluding hydrogens is 595 g/mol. The van der Waals surface area contributed by atoms with Gasteiger partial charge in [0.1, 0.15) is 10.7 Å². The van der Waals surface area contributed by atoms with Gasteiger partial charge in [-0.1, -0.05) is 40.2 Å². The summed E-state index contributed by atoms with van der Waals surface area (Å²) < 4.78 is 71.7. The smallest absolute Gasteiger partial charge is 0.310 e. The molecule has 13 heteroatoms. The Kier molecular flexibility index (Phi) is 7.26. The lowest BCUT2D eigenvalue weighted by atomic mass is 9.82. The molecule has 0 unspecified atom stereocenters. The topological polar surface area (TPSA) is 71.1 Å². The molecule has 2 aromatic heterocycles. The number of carbonyl (C=O) groups excluding carboxylic acids is 1. The highest BCUT2D eigenvalue weighted by molar-refractivity contribution is 8.45. The van der Waals surface area contributed by atoms with Crippen molar-refractivity contribution in [1.29, 1.82) is 0 Å². The Morgan fingerprint density at radius 1 is 1.02 bits per heavy atom. The summed E-state index contributed by atoms with van der Waals surface area (Å²) in [6.07, 6.45) is 9.72. The summed E-state index contributed by atoms with van der Waals surface area (Å²) in [5.41, 5.74) is 2.59. The maximum Gasteiger partial charge on any atom is 0.310 e. The van der Waals surface area contributed by atoms with Crippen LogP contribution >= 0.6 is 20.3 Å². The van der Waals surface area contributed by atoms with Crippen molar-refractivity contribution in [2.75, 3.05) is 31.5 Å². The van der Waals surface area contributed by atoms with Crippen LogP contribution in [0, 0.1) is 0 Å². The largest absolute Gasteiger partial charge is 0.369 e. The number of benzene rings is 1. The minimum absolute atomic E-state index is 0.0466. The number of fused-ring (bicyclic) bond motifs is 1. The number of pyridine rings is 1. The van der Waals surface area contributed by atoms with E-state index >= 15 is 0 Å². The highest BCUT2D eigenvalue weighted by Crippen LogP contribution is 3.02. The van der Waals surface area contributed by atoms with Crippen LogP contribution in [-0.4, -0.2) is 68.1 Å². The summed E-state index contributed by atoms with van der Waals surface area (Å²) in [6.45, 7) is 7.59. The number of aromatic amines is 1. The molecule has 234 valence electrons. The molecule has 0 atom stereocenters. The van der Waals surface area contributed by atoms with Crippen molar-refractivity contribution in [1.82, 2.24) is 19.9 Å². The van der Waals surface area contributed by atoms with Gasteiger partial charge in [0.15, 0.2) is 5.65 Å². The summed E-state index contributed by atoms with van der Waals surface area (Å²) in [4.78, 5) is 25.2. The third-order valence-electron chi connectivity index (χ3n) is 8.95. The van der Waals surface area contributed by atoms with Crippen molar-refractivity contribution >= 4 is 37.3 Å². The highest BCUT2D eigenvalue weighted by Gasteiger charge is 2.65. The quantitative estimate of drug-likeness (QED) is 0.264. The number of nitrogens with zero attached hydrogens (tertiary/aromatic N) is 3. The second kappa shape index (κ2) is 9.82. The molecule has 1 aromatic carbocycles. The van der Waals surface area contributed by atoms with E-state index in [1.54, 1.807) is 11.1 Å². The van der Waals surface area contributed by atoms with E-state index in [0.717, 1.165) is 47.8 Å². The maximum absolute atomic E-state index is 13.0. The fourth-order valence-corrected chi connectivity index (χ4v) is 6.82. The average molecular weight is 635 g/mol. The minimum Gasteiger partial charge on any atom is -0.369 e. The Hall–Kier alpha value is -2.38. The first-order chi connectivity index (χ1) is 19.2. The van der Waals surface area contributed by atoms with Gasteiger partial charge in [0.05, 0.1) is 17.6 Å². The summed E-state index contributed by atoms with van der Waals surface area (Å²) in [6, 6.07) is 4.19. The number of hydrogen-bond acceptors (Lipinski definition) is 4. The number of nitrogens with one attached hydrogen (secondary N) is 1. The fourth-order valence-electron chi connectivity index (χ4n) is 5.28. The predicted molar refractivity (Wildman–Crippen MR) is 161 cm³/mol. The van der Waals surface area contributed by atoms with Crippen LogP contribution < -0.4 is 0 Å². The Morgan fingerprint density at radius 3 is 2.21 bits per heavy atom. The van der Waals surface area contributed by atoms with Gasteiger partial charge in [-0.3, -0.25) is 4.79 Å². The average Bonchev–Trinajstić information content (AvgIpc) is 3.29. The number of H-pyrrole nitrogens is 1. The number of amides is 1. The minimum atomic E-state index is -9.78. The van der Waals surface area contributed by atoms with Crippen molar-refractivity contribution in [2.45, 2.75) is 74.0 Å². The molecule has 2 fully saturated rings. The van der Waals surface area contributed by atoms with E-state index in [9.17, 15) is 24.2 Å². The maximum atomic E-state index is 13.0. The number of aromatic nitrogens is 3. The van der Waals surface area contributed by atoms with Crippen molar-refractivity contribution in [3.05, 3.63) is 53.5 Å². The Labute approximate surface area is 244 Å². The van der Waals surface area contributed by atoms with Gasteiger partial charge in [-0.05, 0) is 84.8 Å². The van der Waals surface area contributed by atoms with Gasteiger partial charge in [-0.15, -0.1) is 0 Å². The van der Waals surface area contributed by atoms with Crippen LogP contribution in [0.25, 0.3) is 11.2 Å². The third kappa shape index (κ3) is 6.42. The molecule has 1 aliphatic carbocycles. The lowest BCUT2D eigenvalue weighted by Gasteiger charge is -2.46. The first-order valence-electron chi connectivity index (χ1n) is 14.0. The number of piperidine rings is 1. The number of halogens is 5. The summed E-state index contributed by atoms with van der Waals surface area (Å²) in [7, 11) is -10.7. The molecule has 0 bridgehead atoms. The van der Waals surface area contributed by atoms with E-state index in [1.807, 2.05) is 6.07 Å². The van der Waals surface area contributed by atoms with Crippen LogP contribution in [0.1, 0.15) is 80.0 Å². The lowest BCUT2D eigenvalue weighted by molar-refractivity contribution is 0.0134. The molecule has 3 heterocycles. The zero-order chi connectivity index (χ0) is 30.8. The van der Waals surface area contributed by atoms with Gasteiger partial charge in [0, 0.05) is 30.8 Å². The van der Waals surface area contributed by atoms with Crippen molar-refractivity contribution in [3.8, 4) is 0 Å². The standard InChI is InChI=1S/C29H39F5N4O2S2/c1-29(2,3)41(4,5)18-40-22-16-21(17-22)26-36-25-24(10-13-35-27(25)37-26)19-11-14-38(15-12-19)28(39)20-6-8-23(9-7-20)42(30,31,32,33)34/h6-10,13,19,21-22H,11-12,14-18H2,1-5H3,(H,35,36,37). The number of hydrogen-bond donors (Lipinski definition) is 1. The molecule has 1 saturated carbocycles. The van der Waals surface area contributed by atoms with E-state index in [4.69, 9.17) is 9.72 Å². The van der Waals surface area contributed by atoms with E-state index < -0.39 is 31.1 Å². The second-order valence-corrected chi connectivity index (χ2v) is 20.0. The van der Waals surface area contributed by atoms with E-state index in [1.165, 1.54) is 0 Å². The molecular formula is C29H39F5N4O2S2. The Bertz CT molecular complexity index is 1470. The van der Waals surface area contributed by atoms with Crippen molar-refractivity contribution in [3.63, 3.8) is 0 Å². The van der Waals surface area contributed by atoms with Crippen LogP contribution in [0.15, 0.2) is 41.4 Å². The molecule has 42 heavy (non-hydrogen) atoms. The van der Waals surface area contributed by atoms with Crippen LogP contribution in [0.5, 0.6) is 0 Å². The van der Waals surface area contributed by atoms with Gasteiger partial charge in [0.25, 0.3) is 5.91 Å². The van der Waals surface area contributed by atoms with Crippen LogP contribution in [-0.2, 0) is 4.74 Å². The summed E-state index contributed by atoms with van der Waals surface area (Å²) in [5, 5.41) is 0. The summed E-state index contributed by atoms with van der Waals surface area (Å²) in [5.74, 6) is 1.66. The molecule has 1 N–H and O–H groups in total. The number of imidazole rings is 1. The molecule has 3 aromatic rings. The van der Waals surface area contributed by atoms with Crippen LogP contribution in [0.3, 0.4) is 0 Å². The summed E-state index contributed by atoms with van der Waals surface area (Å²) >= 11 is 0. The zero-order valence-electron chi connectivity index (χ0n) is 24.5. The molecule has 6 nitrogen and oxygen atoms in total. The van der Waals surface area contributed by atoms with Crippen molar-refractivity contribution < 1.29 is 29.0 Å². The molecule has 0 radical (unpaired) electrons. The van der Waals surface area contributed by atoms with Crippen LogP contribution in [0.4, 0.5) is 19.4 Å². The van der Waals surface area contributed by atoms with Gasteiger partial charge in [-0.25, -0.2) is 20.0 Å². The first-order valence-corrected chi connectivity index (χ1v) is 18.6. The normalized spacial score (nSPS) is 22.9. The molecule has 2 aliphatic rings. The monoisotopic (exact) mass is 634 g/mol. The van der Waals surface area contributed by atoms with E-state index in [0.29, 0.717) is 31.6 Å². The molecule has 1 saturated heterocycles. The Balaban J connectivity index is 1.20. The fraction of sp³-hybridized carbons (Fsp3) is 0.552. The van der Waals surface area contributed by atoms with Crippen molar-refractivity contribution in [2.24, 2.45) is 0 Å². The molecule has 1 aliphatic heterocycles. The first kappa shape index (κ1) is 31.1. The molecule has 5 rings (SSSR count). The second-order valence-electron chi connectivity index (χ2n) is 13.0. The van der Waals surface area contributed by atoms with Gasteiger partial charge < -0.3 is 14.6 Å². The molecule has 0 spiro atoms. The number of ether oxygens (including phenoxy) is 1. The van der Waals surface area contributed by atoms with E-state index in [-0.39, 0.29) is 40.4 Å². The lowest BCUT2D eigenvalue weighted by Crippen LogP contribution is -2.38. The number of rotatable bonds is 7. The highest BCUT2D eigenvalue weighted by atomic mass is 32.5.